The first-order valence-corrected chi connectivity index (χ1v) is 10.8. The first kappa shape index (κ1) is 21.8. The molecule has 0 radical (unpaired) electrons. The van der Waals surface area contributed by atoms with E-state index in [0.717, 1.165) is 11.3 Å². The molecule has 1 aromatic carbocycles. The lowest BCUT2D eigenvalue weighted by atomic mass is 9.63. The number of ketones is 2. The highest BCUT2D eigenvalue weighted by Crippen LogP contribution is 2.53. The van der Waals surface area contributed by atoms with Gasteiger partial charge in [0.05, 0.1) is 10.8 Å². The van der Waals surface area contributed by atoms with E-state index in [0.29, 0.717) is 5.56 Å². The van der Waals surface area contributed by atoms with Crippen LogP contribution in [0.25, 0.3) is 0 Å². The number of halogens is 3. The SMILES string of the molecule is CC1(C)CC(=O)C2=C(C1)NC(O)(C(F)(F)F)C(C(=O)c1cccs1)C2c1ccccc1. The summed E-state index contributed by atoms with van der Waals surface area (Å²) in [5.74, 6) is -4.32. The molecule has 164 valence electrons. The highest BCUT2D eigenvalue weighted by Gasteiger charge is 2.67. The van der Waals surface area contributed by atoms with Gasteiger partial charge in [-0.3, -0.25) is 9.59 Å². The normalized spacial score (nSPS) is 28.1. The highest BCUT2D eigenvalue weighted by atomic mass is 32.1. The summed E-state index contributed by atoms with van der Waals surface area (Å²) in [6.07, 6.45) is -4.84. The maximum atomic E-state index is 14.3. The summed E-state index contributed by atoms with van der Waals surface area (Å²) >= 11 is 1.01. The molecule has 2 N–H and O–H groups in total. The fraction of sp³-hybridized carbons (Fsp3) is 0.391. The van der Waals surface area contributed by atoms with E-state index >= 15 is 0 Å². The Labute approximate surface area is 181 Å². The van der Waals surface area contributed by atoms with Gasteiger partial charge >= 0.3 is 6.18 Å². The number of rotatable bonds is 3. The van der Waals surface area contributed by atoms with Gasteiger partial charge in [-0.2, -0.15) is 13.2 Å². The van der Waals surface area contributed by atoms with Crippen LogP contribution in [0.5, 0.6) is 0 Å². The smallest absolute Gasteiger partial charge is 0.363 e. The minimum atomic E-state index is -5.15. The minimum Gasteiger partial charge on any atom is -0.363 e. The van der Waals surface area contributed by atoms with Crippen LogP contribution in [0.1, 0.15) is 47.8 Å². The monoisotopic (exact) mass is 449 g/mol. The molecule has 4 nitrogen and oxygen atoms in total. The zero-order valence-corrected chi connectivity index (χ0v) is 17.8. The van der Waals surface area contributed by atoms with E-state index in [1.54, 1.807) is 55.6 Å². The number of carbonyl (C=O) groups is 2. The molecule has 0 spiro atoms. The van der Waals surface area contributed by atoms with Gasteiger partial charge in [0.25, 0.3) is 0 Å². The minimum absolute atomic E-state index is 0.0603. The number of nitrogens with one attached hydrogen (secondary N) is 1. The van der Waals surface area contributed by atoms with Crippen LogP contribution < -0.4 is 5.32 Å². The molecular formula is C23H22F3NO3S. The summed E-state index contributed by atoms with van der Waals surface area (Å²) in [7, 11) is 0. The number of thiophene rings is 1. The first-order valence-electron chi connectivity index (χ1n) is 9.91. The van der Waals surface area contributed by atoms with Crippen LogP contribution in [-0.4, -0.2) is 28.6 Å². The summed E-state index contributed by atoms with van der Waals surface area (Å²) in [4.78, 5) is 26.7. The second kappa shape index (κ2) is 7.31. The molecule has 8 heteroatoms. The molecule has 0 saturated heterocycles. The second-order valence-corrected chi connectivity index (χ2v) is 9.88. The third-order valence-corrected chi connectivity index (χ3v) is 6.88. The Morgan fingerprint density at radius 2 is 1.81 bits per heavy atom. The van der Waals surface area contributed by atoms with Crippen LogP contribution >= 0.6 is 11.3 Å². The van der Waals surface area contributed by atoms with E-state index < -0.39 is 34.9 Å². The molecule has 3 atom stereocenters. The average Bonchev–Trinajstić information content (AvgIpc) is 3.20. The quantitative estimate of drug-likeness (QED) is 0.659. The number of Topliss-reactive ketones (excluding diaryl/α,β-unsaturated/α-hetero) is 2. The predicted octanol–water partition coefficient (Wildman–Crippen LogP) is 4.83. The number of hydrogen-bond donors (Lipinski definition) is 2. The van der Waals surface area contributed by atoms with Crippen molar-refractivity contribution in [3.8, 4) is 0 Å². The van der Waals surface area contributed by atoms with Gasteiger partial charge in [-0.15, -0.1) is 11.3 Å². The summed E-state index contributed by atoms with van der Waals surface area (Å²) in [6, 6.07) is 11.2. The Bertz CT molecular complexity index is 1040. The fourth-order valence-electron chi connectivity index (χ4n) is 4.70. The topological polar surface area (TPSA) is 66.4 Å². The summed E-state index contributed by atoms with van der Waals surface area (Å²) in [5.41, 5.74) is -3.47. The molecule has 0 amide bonds. The number of benzene rings is 1. The molecule has 0 saturated carbocycles. The average molecular weight is 449 g/mol. The third kappa shape index (κ3) is 3.61. The van der Waals surface area contributed by atoms with Crippen LogP contribution in [0.4, 0.5) is 13.2 Å². The first-order chi connectivity index (χ1) is 14.4. The van der Waals surface area contributed by atoms with Gasteiger partial charge in [0.1, 0.15) is 0 Å². The zero-order valence-electron chi connectivity index (χ0n) is 17.0. The van der Waals surface area contributed by atoms with Crippen molar-refractivity contribution < 1.29 is 27.9 Å². The Kier molecular flexibility index (Phi) is 5.13. The zero-order chi connectivity index (χ0) is 22.6. The van der Waals surface area contributed by atoms with Crippen LogP contribution in [-0.2, 0) is 4.79 Å². The van der Waals surface area contributed by atoms with Crippen LogP contribution in [0.3, 0.4) is 0 Å². The molecule has 1 aliphatic carbocycles. The molecule has 2 aromatic rings. The number of hydrogen-bond acceptors (Lipinski definition) is 5. The largest absolute Gasteiger partial charge is 0.437 e. The molecule has 31 heavy (non-hydrogen) atoms. The summed E-state index contributed by atoms with van der Waals surface area (Å²) < 4.78 is 43.0. The van der Waals surface area contributed by atoms with Gasteiger partial charge in [0.15, 0.2) is 11.6 Å². The van der Waals surface area contributed by atoms with Gasteiger partial charge in [0, 0.05) is 23.6 Å². The Morgan fingerprint density at radius 3 is 2.39 bits per heavy atom. The number of alkyl halides is 3. The molecule has 1 aromatic heterocycles. The summed E-state index contributed by atoms with van der Waals surface area (Å²) in [5, 5.41) is 14.9. The van der Waals surface area contributed by atoms with E-state index in [1.165, 1.54) is 6.07 Å². The molecule has 4 rings (SSSR count). The van der Waals surface area contributed by atoms with Gasteiger partial charge in [0.2, 0.25) is 5.72 Å². The van der Waals surface area contributed by atoms with Crippen molar-refractivity contribution in [2.75, 3.05) is 0 Å². The lowest BCUT2D eigenvalue weighted by molar-refractivity contribution is -0.287. The van der Waals surface area contributed by atoms with E-state index in [-0.39, 0.29) is 34.8 Å². The Balaban J connectivity index is 2.00. The van der Waals surface area contributed by atoms with Gasteiger partial charge < -0.3 is 10.4 Å². The van der Waals surface area contributed by atoms with Gasteiger partial charge in [-0.1, -0.05) is 50.2 Å². The molecule has 0 bridgehead atoms. The van der Waals surface area contributed by atoms with Gasteiger partial charge in [-0.05, 0) is 28.8 Å². The molecular weight excluding hydrogens is 427 g/mol. The van der Waals surface area contributed by atoms with Crippen molar-refractivity contribution in [2.24, 2.45) is 11.3 Å². The molecule has 1 aliphatic heterocycles. The van der Waals surface area contributed by atoms with Crippen molar-refractivity contribution in [3.05, 3.63) is 69.6 Å². The molecule has 2 aliphatic rings. The molecule has 3 unspecified atom stereocenters. The van der Waals surface area contributed by atoms with Crippen molar-refractivity contribution in [1.29, 1.82) is 0 Å². The van der Waals surface area contributed by atoms with Crippen molar-refractivity contribution in [1.82, 2.24) is 5.32 Å². The van der Waals surface area contributed by atoms with Crippen LogP contribution in [0.15, 0.2) is 59.1 Å². The lowest BCUT2D eigenvalue weighted by Gasteiger charge is -2.49. The maximum Gasteiger partial charge on any atom is 0.437 e. The predicted molar refractivity (Wildman–Crippen MR) is 111 cm³/mol. The molecule has 2 heterocycles. The Morgan fingerprint density at radius 1 is 1.13 bits per heavy atom. The highest BCUT2D eigenvalue weighted by molar-refractivity contribution is 7.12. The molecule has 0 fully saturated rings. The van der Waals surface area contributed by atoms with Crippen LogP contribution in [0.2, 0.25) is 0 Å². The standard InChI is InChI=1S/C23H22F3NO3S/c1-21(2)11-14-18(15(28)12-21)17(13-7-4-3-5-8-13)19(20(29)16-9-6-10-31-16)22(30,27-14)23(24,25)26/h3-10,17,19,27,30H,11-12H2,1-2H3. The fourth-order valence-corrected chi connectivity index (χ4v) is 5.41. The number of allylic oxidation sites excluding steroid dienone is 2. The van der Waals surface area contributed by atoms with Crippen LogP contribution in [0, 0.1) is 11.3 Å². The van der Waals surface area contributed by atoms with Crippen molar-refractivity contribution in [3.63, 3.8) is 0 Å². The number of carbonyl (C=O) groups excluding carboxylic acids is 2. The van der Waals surface area contributed by atoms with Crippen molar-refractivity contribution in [2.45, 2.75) is 44.5 Å². The van der Waals surface area contributed by atoms with E-state index in [2.05, 4.69) is 5.32 Å². The summed E-state index contributed by atoms with van der Waals surface area (Å²) in [6.45, 7) is 3.59. The van der Waals surface area contributed by atoms with E-state index in [4.69, 9.17) is 0 Å². The Hall–Kier alpha value is -2.45. The maximum absolute atomic E-state index is 14.3. The van der Waals surface area contributed by atoms with Crippen molar-refractivity contribution >= 4 is 22.9 Å². The van der Waals surface area contributed by atoms with E-state index in [1.807, 2.05) is 0 Å². The lowest BCUT2D eigenvalue weighted by Crippen LogP contribution is -2.67. The van der Waals surface area contributed by atoms with E-state index in [9.17, 15) is 27.9 Å². The third-order valence-electron chi connectivity index (χ3n) is 5.99. The number of aliphatic hydroxyl groups is 1. The second-order valence-electron chi connectivity index (χ2n) is 8.93. The van der Waals surface area contributed by atoms with Gasteiger partial charge in [-0.25, -0.2) is 0 Å².